The van der Waals surface area contributed by atoms with Gasteiger partial charge in [-0.15, -0.1) is 10.2 Å². The van der Waals surface area contributed by atoms with Gasteiger partial charge in [0, 0.05) is 30.8 Å². The van der Waals surface area contributed by atoms with E-state index < -0.39 is 6.04 Å². The van der Waals surface area contributed by atoms with Crippen LogP contribution in [0.4, 0.5) is 4.39 Å². The number of hydrogen-bond donors (Lipinski definition) is 1. The van der Waals surface area contributed by atoms with Crippen molar-refractivity contribution in [1.29, 1.82) is 0 Å². The molecule has 0 unspecified atom stereocenters. The Balaban J connectivity index is 1.43. The molecule has 1 atom stereocenters. The van der Waals surface area contributed by atoms with Crippen molar-refractivity contribution < 1.29 is 13.6 Å². The van der Waals surface area contributed by atoms with E-state index in [0.717, 1.165) is 24.2 Å². The molecule has 1 amide bonds. The van der Waals surface area contributed by atoms with E-state index >= 15 is 0 Å². The van der Waals surface area contributed by atoms with Crippen molar-refractivity contribution in [2.45, 2.75) is 31.2 Å². The Bertz CT molecular complexity index is 1240. The second-order valence-electron chi connectivity index (χ2n) is 7.42. The summed E-state index contributed by atoms with van der Waals surface area (Å²) in [7, 11) is 0. The van der Waals surface area contributed by atoms with Crippen LogP contribution >= 0.6 is 0 Å². The number of hydrogen-bond acceptors (Lipinski definition) is 6. The van der Waals surface area contributed by atoms with Crippen molar-refractivity contribution in [2.24, 2.45) is 0 Å². The highest BCUT2D eigenvalue weighted by Gasteiger charge is 2.39. The Labute approximate surface area is 163 Å². The second kappa shape index (κ2) is 5.97. The minimum Gasteiger partial charge on any atom is -0.417 e. The molecule has 5 heterocycles. The van der Waals surface area contributed by atoms with Crippen LogP contribution in [0.1, 0.15) is 58.5 Å². The fourth-order valence-corrected chi connectivity index (χ4v) is 3.85. The van der Waals surface area contributed by atoms with Gasteiger partial charge in [-0.1, -0.05) is 0 Å². The van der Waals surface area contributed by atoms with Gasteiger partial charge in [0.25, 0.3) is 0 Å². The van der Waals surface area contributed by atoms with Gasteiger partial charge >= 0.3 is 11.8 Å². The summed E-state index contributed by atoms with van der Waals surface area (Å²) < 4.78 is 20.8. The first-order valence-corrected chi connectivity index (χ1v) is 9.49. The molecule has 29 heavy (non-hydrogen) atoms. The highest BCUT2D eigenvalue weighted by Crippen LogP contribution is 2.39. The molecular weight excluding hydrogens is 377 g/mol. The minimum atomic E-state index is -0.531. The van der Waals surface area contributed by atoms with Gasteiger partial charge < -0.3 is 14.3 Å². The number of amides is 1. The number of fused-ring (bicyclic) bond motifs is 2. The third-order valence-corrected chi connectivity index (χ3v) is 5.46. The van der Waals surface area contributed by atoms with Gasteiger partial charge in [-0.2, -0.15) is 5.10 Å². The summed E-state index contributed by atoms with van der Waals surface area (Å²) in [6.45, 7) is 0.446. The van der Waals surface area contributed by atoms with Gasteiger partial charge in [0.15, 0.2) is 0 Å². The predicted molar refractivity (Wildman–Crippen MR) is 96.6 cm³/mol. The lowest BCUT2D eigenvalue weighted by atomic mass is 9.99. The molecule has 0 spiro atoms. The highest BCUT2D eigenvalue weighted by atomic mass is 19.1. The summed E-state index contributed by atoms with van der Waals surface area (Å²) in [5.41, 5.74) is 2.87. The number of nitrogens with one attached hydrogen (secondary N) is 1. The van der Waals surface area contributed by atoms with Crippen molar-refractivity contribution in [3.8, 4) is 0 Å². The van der Waals surface area contributed by atoms with Crippen molar-refractivity contribution in [3.05, 3.63) is 65.4 Å². The average molecular weight is 393 g/mol. The molecule has 1 saturated carbocycles. The maximum absolute atomic E-state index is 13.6. The fourth-order valence-electron chi connectivity index (χ4n) is 3.85. The molecule has 1 N–H and O–H groups in total. The molecule has 2 aliphatic rings. The van der Waals surface area contributed by atoms with Gasteiger partial charge in [-0.25, -0.2) is 13.9 Å². The quantitative estimate of drug-likeness (QED) is 0.572. The SMILES string of the molecule is O=C(c1nnc(C2CC2)o1)N1CCc2[nH]cnc2[C@@H]1c1cc2cc(F)ccn2n1. The van der Waals surface area contributed by atoms with Gasteiger partial charge in [0.05, 0.1) is 23.2 Å². The lowest BCUT2D eigenvalue weighted by Crippen LogP contribution is -2.41. The number of nitrogens with zero attached hydrogens (tertiary/aromatic N) is 6. The summed E-state index contributed by atoms with van der Waals surface area (Å²) in [5, 5.41) is 12.6. The van der Waals surface area contributed by atoms with E-state index in [4.69, 9.17) is 4.42 Å². The molecule has 0 saturated heterocycles. The summed E-state index contributed by atoms with van der Waals surface area (Å²) in [6.07, 6.45) is 5.81. The Morgan fingerprint density at radius 2 is 2.17 bits per heavy atom. The first-order chi connectivity index (χ1) is 14.2. The van der Waals surface area contributed by atoms with Crippen molar-refractivity contribution >= 4 is 11.4 Å². The normalized spacial score (nSPS) is 18.9. The minimum absolute atomic E-state index is 0.0225. The molecule has 4 aromatic rings. The first kappa shape index (κ1) is 16.4. The molecule has 10 heteroatoms. The van der Waals surface area contributed by atoms with Gasteiger partial charge in [0.2, 0.25) is 5.89 Å². The van der Waals surface area contributed by atoms with E-state index in [0.29, 0.717) is 30.1 Å². The third-order valence-electron chi connectivity index (χ3n) is 5.46. The van der Waals surface area contributed by atoms with Crippen LogP contribution in [-0.2, 0) is 6.42 Å². The van der Waals surface area contributed by atoms with Gasteiger partial charge in [-0.3, -0.25) is 4.79 Å². The molecule has 1 aliphatic heterocycles. The van der Waals surface area contributed by atoms with Crippen LogP contribution in [0.25, 0.3) is 5.52 Å². The van der Waals surface area contributed by atoms with Crippen LogP contribution in [0, 0.1) is 5.82 Å². The average Bonchev–Trinajstić information content (AvgIpc) is 3.13. The highest BCUT2D eigenvalue weighted by molar-refractivity contribution is 5.90. The number of carbonyl (C=O) groups excluding carboxylic acids is 1. The largest absolute Gasteiger partial charge is 0.417 e. The number of aromatic amines is 1. The van der Waals surface area contributed by atoms with E-state index in [1.807, 2.05) is 0 Å². The third kappa shape index (κ3) is 2.63. The zero-order chi connectivity index (χ0) is 19.5. The predicted octanol–water partition coefficient (Wildman–Crippen LogP) is 2.24. The molecule has 6 rings (SSSR count). The van der Waals surface area contributed by atoms with E-state index in [1.165, 1.54) is 12.1 Å². The number of halogens is 1. The number of pyridine rings is 1. The molecular formula is C19H16FN7O2. The Morgan fingerprint density at radius 1 is 1.28 bits per heavy atom. The zero-order valence-electron chi connectivity index (χ0n) is 15.2. The van der Waals surface area contributed by atoms with Gasteiger partial charge in [-0.05, 0) is 31.0 Å². The van der Waals surface area contributed by atoms with Crippen molar-refractivity contribution in [3.63, 3.8) is 0 Å². The standard InChI is InChI=1S/C19H16FN7O2/c20-11-3-6-27-12(7-11)8-14(25-27)16-15-13(21-9-22-15)4-5-26(16)19(28)18-24-23-17(29-18)10-1-2-10/h3,6-10,16H,1-2,4-5H2,(H,21,22)/t16-/m0/s1. The number of aromatic nitrogens is 6. The lowest BCUT2D eigenvalue weighted by molar-refractivity contribution is 0.0644. The molecule has 9 nitrogen and oxygen atoms in total. The number of H-pyrrole nitrogens is 1. The zero-order valence-corrected chi connectivity index (χ0v) is 15.2. The van der Waals surface area contributed by atoms with Crippen LogP contribution in [0.5, 0.6) is 0 Å². The smallest absolute Gasteiger partial charge is 0.312 e. The van der Waals surface area contributed by atoms with Crippen LogP contribution < -0.4 is 0 Å². The molecule has 0 bridgehead atoms. The Morgan fingerprint density at radius 3 is 3.03 bits per heavy atom. The molecule has 1 fully saturated rings. The molecule has 146 valence electrons. The lowest BCUT2D eigenvalue weighted by Gasteiger charge is -2.32. The van der Waals surface area contributed by atoms with E-state index in [1.54, 1.807) is 28.0 Å². The second-order valence-corrected chi connectivity index (χ2v) is 7.42. The number of imidazole rings is 1. The van der Waals surface area contributed by atoms with Crippen molar-refractivity contribution in [1.82, 2.24) is 34.7 Å². The summed E-state index contributed by atoms with van der Waals surface area (Å²) in [6, 6.07) is 3.97. The summed E-state index contributed by atoms with van der Waals surface area (Å²) >= 11 is 0. The maximum Gasteiger partial charge on any atom is 0.312 e. The molecule has 4 aromatic heterocycles. The topological polar surface area (TPSA) is 105 Å². The van der Waals surface area contributed by atoms with E-state index in [2.05, 4.69) is 25.3 Å². The number of carbonyl (C=O) groups is 1. The van der Waals surface area contributed by atoms with E-state index in [9.17, 15) is 9.18 Å². The van der Waals surface area contributed by atoms with Gasteiger partial charge in [0.1, 0.15) is 11.9 Å². The van der Waals surface area contributed by atoms with Crippen LogP contribution in [0.2, 0.25) is 0 Å². The van der Waals surface area contributed by atoms with Crippen molar-refractivity contribution in [2.75, 3.05) is 6.54 Å². The first-order valence-electron chi connectivity index (χ1n) is 9.49. The van der Waals surface area contributed by atoms with Crippen LogP contribution in [0.15, 0.2) is 35.1 Å². The Hall–Kier alpha value is -3.56. The summed E-state index contributed by atoms with van der Waals surface area (Å²) in [4.78, 5) is 22.4. The fraction of sp³-hybridized carbons (Fsp3) is 0.316. The number of rotatable bonds is 3. The summed E-state index contributed by atoms with van der Waals surface area (Å²) in [5.74, 6) is 0.0643. The Kier molecular flexibility index (Phi) is 3.37. The molecule has 1 aliphatic carbocycles. The molecule has 0 radical (unpaired) electrons. The monoisotopic (exact) mass is 393 g/mol. The van der Waals surface area contributed by atoms with Crippen LogP contribution in [-0.4, -0.2) is 47.1 Å². The maximum atomic E-state index is 13.6. The van der Waals surface area contributed by atoms with E-state index in [-0.39, 0.29) is 23.5 Å². The molecule has 0 aromatic carbocycles. The van der Waals surface area contributed by atoms with Crippen LogP contribution in [0.3, 0.4) is 0 Å².